The fourth-order valence-corrected chi connectivity index (χ4v) is 2.40. The minimum Gasteiger partial charge on any atom is -0.316 e. The first kappa shape index (κ1) is 11.6. The van der Waals surface area contributed by atoms with Crippen molar-refractivity contribution < 1.29 is 0 Å². The first-order valence-electron chi connectivity index (χ1n) is 6.38. The lowest BCUT2D eigenvalue weighted by Gasteiger charge is -2.37. The van der Waals surface area contributed by atoms with Crippen LogP contribution in [0.5, 0.6) is 0 Å². The number of nitrogens with one attached hydrogen (secondary N) is 1. The highest BCUT2D eigenvalue weighted by atomic mass is 14.9. The van der Waals surface area contributed by atoms with Crippen LogP contribution in [0.25, 0.3) is 0 Å². The molecule has 1 fully saturated rings. The smallest absolute Gasteiger partial charge is 0.0302 e. The molecule has 1 aliphatic carbocycles. The number of rotatable bonds is 5. The highest BCUT2D eigenvalue weighted by Crippen LogP contribution is 2.41. The average molecular weight is 218 g/mol. The molecular weight excluding hydrogens is 196 g/mol. The van der Waals surface area contributed by atoms with Crippen LogP contribution in [0.1, 0.15) is 38.2 Å². The minimum atomic E-state index is 0.744. The largest absolute Gasteiger partial charge is 0.316 e. The van der Waals surface area contributed by atoms with E-state index in [4.69, 9.17) is 0 Å². The molecule has 0 saturated heterocycles. The van der Waals surface area contributed by atoms with E-state index >= 15 is 0 Å². The van der Waals surface area contributed by atoms with Crippen molar-refractivity contribution >= 4 is 0 Å². The van der Waals surface area contributed by atoms with Crippen molar-refractivity contribution in [3.63, 3.8) is 0 Å². The van der Waals surface area contributed by atoms with Crippen LogP contribution in [0.4, 0.5) is 0 Å². The Balaban J connectivity index is 1.80. The maximum Gasteiger partial charge on any atom is 0.0302 e. The van der Waals surface area contributed by atoms with E-state index in [1.54, 1.807) is 0 Å². The van der Waals surface area contributed by atoms with E-state index in [9.17, 15) is 0 Å². The third kappa shape index (κ3) is 2.82. The molecule has 0 spiro atoms. The van der Waals surface area contributed by atoms with Crippen LogP contribution in [0.2, 0.25) is 0 Å². The van der Waals surface area contributed by atoms with Crippen molar-refractivity contribution in [3.05, 3.63) is 30.1 Å². The Kier molecular flexibility index (Phi) is 3.94. The van der Waals surface area contributed by atoms with Gasteiger partial charge in [-0.3, -0.25) is 4.98 Å². The van der Waals surface area contributed by atoms with Crippen LogP contribution in [0.15, 0.2) is 24.5 Å². The molecule has 1 aliphatic rings. The molecule has 0 amide bonds. The van der Waals surface area contributed by atoms with Crippen LogP contribution < -0.4 is 5.32 Å². The fourth-order valence-electron chi connectivity index (χ4n) is 2.40. The number of hydrogen-bond donors (Lipinski definition) is 1. The Morgan fingerprint density at radius 3 is 2.88 bits per heavy atom. The lowest BCUT2D eigenvalue weighted by molar-refractivity contribution is 0.243. The summed E-state index contributed by atoms with van der Waals surface area (Å²) in [7, 11) is 0. The van der Waals surface area contributed by atoms with Crippen molar-refractivity contribution in [2.75, 3.05) is 13.1 Å². The molecule has 2 nitrogen and oxygen atoms in total. The monoisotopic (exact) mass is 218 g/mol. The quantitative estimate of drug-likeness (QED) is 0.822. The van der Waals surface area contributed by atoms with E-state index in [1.807, 2.05) is 18.5 Å². The third-order valence-electron chi connectivity index (χ3n) is 3.49. The van der Waals surface area contributed by atoms with Gasteiger partial charge in [0.25, 0.3) is 0 Å². The highest BCUT2D eigenvalue weighted by molar-refractivity contribution is 5.18. The van der Waals surface area contributed by atoms with Gasteiger partial charge < -0.3 is 5.32 Å². The Morgan fingerprint density at radius 1 is 1.44 bits per heavy atom. The predicted molar refractivity (Wildman–Crippen MR) is 67.4 cm³/mol. The molecule has 2 rings (SSSR count). The molecule has 1 heterocycles. The molecule has 1 aromatic rings. The van der Waals surface area contributed by atoms with E-state index in [1.165, 1.54) is 18.4 Å². The van der Waals surface area contributed by atoms with Crippen LogP contribution in [-0.4, -0.2) is 18.1 Å². The zero-order chi connectivity index (χ0) is 11.4. The van der Waals surface area contributed by atoms with Crippen molar-refractivity contribution in [2.45, 2.75) is 32.6 Å². The van der Waals surface area contributed by atoms with E-state index < -0.39 is 0 Å². The van der Waals surface area contributed by atoms with Gasteiger partial charge in [0.2, 0.25) is 0 Å². The minimum absolute atomic E-state index is 0.744. The number of aromatic nitrogens is 1. The van der Waals surface area contributed by atoms with Gasteiger partial charge in [-0.1, -0.05) is 19.9 Å². The lowest BCUT2D eigenvalue weighted by atomic mass is 9.70. The second-order valence-electron chi connectivity index (χ2n) is 5.28. The van der Waals surface area contributed by atoms with Gasteiger partial charge in [0.1, 0.15) is 0 Å². The molecule has 1 N–H and O–H groups in total. The molecule has 1 aromatic heterocycles. The zero-order valence-corrected chi connectivity index (χ0v) is 10.3. The molecule has 2 unspecified atom stereocenters. The molecular formula is C14H22N2. The maximum atomic E-state index is 4.21. The summed E-state index contributed by atoms with van der Waals surface area (Å²) in [6, 6.07) is 4.26. The maximum absolute atomic E-state index is 4.21. The summed E-state index contributed by atoms with van der Waals surface area (Å²) in [6.45, 7) is 6.81. The highest BCUT2D eigenvalue weighted by Gasteiger charge is 2.31. The van der Waals surface area contributed by atoms with E-state index in [-0.39, 0.29) is 0 Å². The van der Waals surface area contributed by atoms with Crippen molar-refractivity contribution in [2.24, 2.45) is 11.8 Å². The van der Waals surface area contributed by atoms with Gasteiger partial charge in [0, 0.05) is 12.4 Å². The summed E-state index contributed by atoms with van der Waals surface area (Å²) < 4.78 is 0. The Labute approximate surface area is 98.5 Å². The third-order valence-corrected chi connectivity index (χ3v) is 3.49. The van der Waals surface area contributed by atoms with Crippen LogP contribution >= 0.6 is 0 Å². The van der Waals surface area contributed by atoms with Gasteiger partial charge >= 0.3 is 0 Å². The molecule has 1 saturated carbocycles. The van der Waals surface area contributed by atoms with Crippen molar-refractivity contribution in [3.8, 4) is 0 Å². The summed E-state index contributed by atoms with van der Waals surface area (Å²) in [5, 5.41) is 3.57. The predicted octanol–water partition coefficient (Wildman–Crippen LogP) is 2.82. The van der Waals surface area contributed by atoms with Crippen molar-refractivity contribution in [1.82, 2.24) is 10.3 Å². The van der Waals surface area contributed by atoms with Crippen molar-refractivity contribution in [1.29, 1.82) is 0 Å². The van der Waals surface area contributed by atoms with Gasteiger partial charge in [-0.25, -0.2) is 0 Å². The van der Waals surface area contributed by atoms with E-state index in [0.29, 0.717) is 0 Å². The number of nitrogens with zero attached hydrogens (tertiary/aromatic N) is 1. The Morgan fingerprint density at radius 2 is 2.31 bits per heavy atom. The topological polar surface area (TPSA) is 24.9 Å². The fraction of sp³-hybridized carbons (Fsp3) is 0.643. The van der Waals surface area contributed by atoms with E-state index in [2.05, 4.69) is 30.2 Å². The van der Waals surface area contributed by atoms with Gasteiger partial charge in [-0.15, -0.1) is 0 Å². The summed E-state index contributed by atoms with van der Waals surface area (Å²) in [4.78, 5) is 4.21. The van der Waals surface area contributed by atoms with Gasteiger partial charge in [0.15, 0.2) is 0 Å². The Bertz CT molecular complexity index is 308. The van der Waals surface area contributed by atoms with Gasteiger partial charge in [0.05, 0.1) is 0 Å². The molecule has 88 valence electrons. The summed E-state index contributed by atoms with van der Waals surface area (Å²) >= 11 is 0. The summed E-state index contributed by atoms with van der Waals surface area (Å²) in [5.41, 5.74) is 1.42. The molecule has 0 aromatic carbocycles. The standard InChI is InChI=1S/C14H22N2/c1-11(2)8-16-10-13-5-6-14(13)12-4-3-7-15-9-12/h3-4,7,9,11,13-14,16H,5-6,8,10H2,1-2H3. The summed E-state index contributed by atoms with van der Waals surface area (Å²) in [6.07, 6.45) is 6.58. The summed E-state index contributed by atoms with van der Waals surface area (Å²) in [5.74, 6) is 2.31. The average Bonchev–Trinajstić information content (AvgIpc) is 2.24. The van der Waals surface area contributed by atoms with Crippen LogP contribution in [0.3, 0.4) is 0 Å². The molecule has 2 atom stereocenters. The number of pyridine rings is 1. The number of hydrogen-bond acceptors (Lipinski definition) is 2. The lowest BCUT2D eigenvalue weighted by Crippen LogP contribution is -2.35. The molecule has 0 radical (unpaired) electrons. The van der Waals surface area contributed by atoms with Crippen LogP contribution in [-0.2, 0) is 0 Å². The first-order valence-corrected chi connectivity index (χ1v) is 6.38. The zero-order valence-electron chi connectivity index (χ0n) is 10.3. The normalized spacial score (nSPS) is 24.4. The van der Waals surface area contributed by atoms with Gasteiger partial charge in [-0.05, 0) is 55.3 Å². The molecule has 16 heavy (non-hydrogen) atoms. The molecule has 0 bridgehead atoms. The second kappa shape index (κ2) is 5.44. The molecule has 0 aliphatic heterocycles. The SMILES string of the molecule is CC(C)CNCC1CCC1c1cccnc1. The first-order chi connectivity index (χ1) is 7.77. The second-order valence-corrected chi connectivity index (χ2v) is 5.28. The van der Waals surface area contributed by atoms with Gasteiger partial charge in [-0.2, -0.15) is 0 Å². The van der Waals surface area contributed by atoms with E-state index in [0.717, 1.165) is 30.8 Å². The van der Waals surface area contributed by atoms with Crippen LogP contribution in [0, 0.1) is 11.8 Å². The Hall–Kier alpha value is -0.890. The molecule has 2 heteroatoms.